The summed E-state index contributed by atoms with van der Waals surface area (Å²) in [4.78, 5) is 24.8. The largest absolute Gasteiger partial charge is 0.346 e. The molecule has 1 aliphatic rings. The molecule has 1 aromatic heterocycles. The number of rotatable bonds is 5. The summed E-state index contributed by atoms with van der Waals surface area (Å²) in [5.74, 6) is -0.213. The minimum atomic E-state index is -0.389. The number of carbonyl (C=O) groups is 2. The zero-order valence-corrected chi connectivity index (χ0v) is 14.7. The second kappa shape index (κ2) is 7.04. The molecule has 1 atom stereocenters. The summed E-state index contributed by atoms with van der Waals surface area (Å²) in [7, 11) is 0. The molecule has 2 N–H and O–H groups in total. The van der Waals surface area contributed by atoms with Crippen LogP contribution in [0.4, 0.5) is 0 Å². The third kappa shape index (κ3) is 3.87. The molecule has 1 aliphatic heterocycles. The van der Waals surface area contributed by atoms with Gasteiger partial charge in [0.25, 0.3) is 11.8 Å². The van der Waals surface area contributed by atoms with Crippen LogP contribution in [0, 0.1) is 12.8 Å². The molecule has 25 heavy (non-hydrogen) atoms. The molecule has 0 radical (unpaired) electrons. The van der Waals surface area contributed by atoms with Gasteiger partial charge in [0.05, 0.1) is 6.54 Å². The van der Waals surface area contributed by atoms with E-state index in [1.807, 2.05) is 31.2 Å². The summed E-state index contributed by atoms with van der Waals surface area (Å²) in [6.45, 7) is 7.13. The number of nitrogens with one attached hydrogen (secondary N) is 2. The second-order valence-electron chi connectivity index (χ2n) is 6.94. The lowest BCUT2D eigenvalue weighted by Crippen LogP contribution is -2.46. The van der Waals surface area contributed by atoms with Gasteiger partial charge in [-0.1, -0.05) is 48.9 Å². The van der Waals surface area contributed by atoms with Gasteiger partial charge in [-0.05, 0) is 24.8 Å². The first-order valence-electron chi connectivity index (χ1n) is 8.52. The predicted molar refractivity (Wildman–Crippen MR) is 93.1 cm³/mol. The second-order valence-corrected chi connectivity index (χ2v) is 6.94. The van der Waals surface area contributed by atoms with Crippen molar-refractivity contribution < 1.29 is 9.59 Å². The van der Waals surface area contributed by atoms with Crippen molar-refractivity contribution in [2.75, 3.05) is 0 Å². The van der Waals surface area contributed by atoms with E-state index in [9.17, 15) is 9.59 Å². The van der Waals surface area contributed by atoms with Crippen molar-refractivity contribution in [2.45, 2.75) is 46.3 Å². The van der Waals surface area contributed by atoms with Gasteiger partial charge in [-0.2, -0.15) is 0 Å². The molecule has 7 heteroatoms. The fourth-order valence-electron chi connectivity index (χ4n) is 3.12. The highest BCUT2D eigenvalue weighted by molar-refractivity contribution is 6.05. The van der Waals surface area contributed by atoms with Crippen LogP contribution in [0.2, 0.25) is 0 Å². The van der Waals surface area contributed by atoms with Crippen molar-refractivity contribution in [3.63, 3.8) is 0 Å². The van der Waals surface area contributed by atoms with Gasteiger partial charge in [-0.15, -0.1) is 5.10 Å². The summed E-state index contributed by atoms with van der Waals surface area (Å²) >= 11 is 0. The first kappa shape index (κ1) is 17.1. The lowest BCUT2D eigenvalue weighted by atomic mass is 10.0. The van der Waals surface area contributed by atoms with Gasteiger partial charge in [0.1, 0.15) is 0 Å². The van der Waals surface area contributed by atoms with Crippen LogP contribution in [0.1, 0.15) is 52.4 Å². The van der Waals surface area contributed by atoms with Crippen LogP contribution in [-0.2, 0) is 13.1 Å². The van der Waals surface area contributed by atoms with Crippen LogP contribution in [0.3, 0.4) is 0 Å². The number of aromatic nitrogens is 3. The number of aryl methyl sites for hydroxylation is 1. The van der Waals surface area contributed by atoms with Gasteiger partial charge in [-0.25, -0.2) is 4.68 Å². The molecule has 0 saturated heterocycles. The lowest BCUT2D eigenvalue weighted by molar-refractivity contribution is 0.0870. The highest BCUT2D eigenvalue weighted by atomic mass is 16.2. The Morgan fingerprint density at radius 2 is 2.24 bits per heavy atom. The Hall–Kier alpha value is -2.70. The maximum atomic E-state index is 12.4. The average Bonchev–Trinajstić information content (AvgIpc) is 2.96. The van der Waals surface area contributed by atoms with E-state index >= 15 is 0 Å². The molecule has 0 aliphatic carbocycles. The molecule has 3 rings (SSSR count). The average molecular weight is 341 g/mol. The molecular weight excluding hydrogens is 318 g/mol. The zero-order chi connectivity index (χ0) is 18.0. The number of hydrogen-bond acceptors (Lipinski definition) is 4. The normalized spacial score (nSPS) is 16.5. The third-order valence-corrected chi connectivity index (χ3v) is 4.19. The highest BCUT2D eigenvalue weighted by Gasteiger charge is 2.32. The molecule has 1 unspecified atom stereocenters. The molecule has 2 amide bonds. The van der Waals surface area contributed by atoms with Crippen LogP contribution in [0.15, 0.2) is 24.3 Å². The van der Waals surface area contributed by atoms with Gasteiger partial charge in [0.2, 0.25) is 0 Å². The molecular formula is C18H23N5O2. The number of benzene rings is 1. The van der Waals surface area contributed by atoms with Crippen molar-refractivity contribution in [1.29, 1.82) is 0 Å². The van der Waals surface area contributed by atoms with E-state index in [2.05, 4.69) is 34.8 Å². The molecule has 0 fully saturated rings. The lowest BCUT2D eigenvalue weighted by Gasteiger charge is -2.25. The van der Waals surface area contributed by atoms with Crippen LogP contribution in [-0.4, -0.2) is 32.9 Å². The van der Waals surface area contributed by atoms with Crippen molar-refractivity contribution in [2.24, 2.45) is 5.92 Å². The van der Waals surface area contributed by atoms with E-state index in [0.29, 0.717) is 19.0 Å². The van der Waals surface area contributed by atoms with Crippen molar-refractivity contribution in [3.05, 3.63) is 46.8 Å². The Morgan fingerprint density at radius 1 is 1.44 bits per heavy atom. The van der Waals surface area contributed by atoms with Crippen LogP contribution < -0.4 is 10.6 Å². The third-order valence-electron chi connectivity index (χ3n) is 4.19. The molecule has 2 aromatic rings. The fourth-order valence-corrected chi connectivity index (χ4v) is 3.12. The Labute approximate surface area is 146 Å². The summed E-state index contributed by atoms with van der Waals surface area (Å²) in [6, 6.07) is 7.91. The van der Waals surface area contributed by atoms with Gasteiger partial charge < -0.3 is 10.6 Å². The number of nitrogens with zero attached hydrogens (tertiary/aromatic N) is 3. The number of hydrogen-bond donors (Lipinski definition) is 2. The predicted octanol–water partition coefficient (Wildman–Crippen LogP) is 1.67. The topological polar surface area (TPSA) is 88.9 Å². The number of carbonyl (C=O) groups excluding carboxylic acids is 2. The smallest absolute Gasteiger partial charge is 0.274 e. The zero-order valence-electron chi connectivity index (χ0n) is 14.7. The summed E-state index contributed by atoms with van der Waals surface area (Å²) in [6.07, 6.45) is 0.861. The van der Waals surface area contributed by atoms with Crippen LogP contribution >= 0.6 is 0 Å². The van der Waals surface area contributed by atoms with Crippen molar-refractivity contribution in [1.82, 2.24) is 25.6 Å². The first-order valence-corrected chi connectivity index (χ1v) is 8.52. The molecule has 0 bridgehead atoms. The Bertz CT molecular complexity index is 797. The first-order chi connectivity index (χ1) is 11.9. The van der Waals surface area contributed by atoms with Gasteiger partial charge in [-0.3, -0.25) is 9.59 Å². The van der Waals surface area contributed by atoms with Crippen LogP contribution in [0.5, 0.6) is 0 Å². The molecule has 7 nitrogen and oxygen atoms in total. The molecule has 132 valence electrons. The summed E-state index contributed by atoms with van der Waals surface area (Å²) < 4.78 is 1.54. The summed E-state index contributed by atoms with van der Waals surface area (Å²) in [5, 5.41) is 13.7. The molecule has 0 spiro atoms. The van der Waals surface area contributed by atoms with Crippen molar-refractivity contribution >= 4 is 11.8 Å². The maximum absolute atomic E-state index is 12.4. The Balaban J connectivity index is 1.71. The van der Waals surface area contributed by atoms with E-state index < -0.39 is 0 Å². The summed E-state index contributed by atoms with van der Waals surface area (Å²) in [5.41, 5.74) is 2.44. The fraction of sp³-hybridized carbons (Fsp3) is 0.444. The van der Waals surface area contributed by atoms with Crippen LogP contribution in [0.25, 0.3) is 0 Å². The van der Waals surface area contributed by atoms with E-state index in [1.54, 1.807) is 0 Å². The molecule has 0 saturated carbocycles. The van der Waals surface area contributed by atoms with E-state index in [0.717, 1.165) is 17.5 Å². The Kier molecular flexibility index (Phi) is 4.83. The van der Waals surface area contributed by atoms with E-state index in [1.165, 1.54) is 4.68 Å². The highest BCUT2D eigenvalue weighted by Crippen LogP contribution is 2.16. The quantitative estimate of drug-likeness (QED) is 0.866. The Morgan fingerprint density at radius 3 is 2.96 bits per heavy atom. The van der Waals surface area contributed by atoms with Crippen molar-refractivity contribution in [3.8, 4) is 0 Å². The van der Waals surface area contributed by atoms with E-state index in [-0.39, 0.29) is 29.2 Å². The standard InChI is InChI=1S/C18H23N5O2/c1-11(2)7-14-10-23-16(18(25)20-14)15(21-22-23)17(24)19-9-13-6-4-5-12(3)8-13/h4-6,8,11,14H,7,9-10H2,1-3H3,(H,19,24)(H,20,25). The SMILES string of the molecule is Cc1cccc(CNC(=O)c2nnn3c2C(=O)NC(CC(C)C)C3)c1. The molecule has 2 heterocycles. The van der Waals surface area contributed by atoms with Gasteiger partial charge >= 0.3 is 0 Å². The minimum absolute atomic E-state index is 0.0184. The van der Waals surface area contributed by atoms with E-state index in [4.69, 9.17) is 0 Å². The number of amides is 2. The van der Waals surface area contributed by atoms with Gasteiger partial charge in [0, 0.05) is 12.6 Å². The van der Waals surface area contributed by atoms with Gasteiger partial charge in [0.15, 0.2) is 11.4 Å². The maximum Gasteiger partial charge on any atom is 0.274 e. The number of fused-ring (bicyclic) bond motifs is 1. The molecule has 1 aromatic carbocycles. The monoisotopic (exact) mass is 341 g/mol. The minimum Gasteiger partial charge on any atom is -0.346 e.